The molecule has 0 bridgehead atoms. The van der Waals surface area contributed by atoms with Gasteiger partial charge in [-0.25, -0.2) is 0 Å². The van der Waals surface area contributed by atoms with E-state index in [2.05, 4.69) is 83.9 Å². The van der Waals surface area contributed by atoms with Crippen molar-refractivity contribution in [1.29, 1.82) is 0 Å². The van der Waals surface area contributed by atoms with Gasteiger partial charge in [0.2, 0.25) is 5.91 Å². The highest BCUT2D eigenvalue weighted by atomic mass is 28.5. The number of ether oxygens (including phenoxy) is 1. The molecule has 2 atom stereocenters. The van der Waals surface area contributed by atoms with Crippen LogP contribution in [0.15, 0.2) is 12.2 Å². The van der Waals surface area contributed by atoms with E-state index in [1.807, 2.05) is 6.55 Å². The summed E-state index contributed by atoms with van der Waals surface area (Å²) in [6.45, 7) is 32.8. The van der Waals surface area contributed by atoms with Crippen LogP contribution in [0.5, 0.6) is 0 Å². The number of carbonyl (C=O) groups excluding carboxylic acids is 1. The van der Waals surface area contributed by atoms with Crippen LogP contribution in [-0.4, -0.2) is 89.8 Å². The van der Waals surface area contributed by atoms with E-state index in [0.717, 1.165) is 12.5 Å². The first-order valence-corrected chi connectivity index (χ1v) is 30.8. The molecular weight excluding hydrogens is 571 g/mol. The zero-order chi connectivity index (χ0) is 29.1. The van der Waals surface area contributed by atoms with Crippen LogP contribution < -0.4 is 5.32 Å². The molecule has 0 aromatic heterocycles. The molecule has 14 heteroatoms. The molecule has 37 heavy (non-hydrogen) atoms. The van der Waals surface area contributed by atoms with Crippen LogP contribution in [-0.2, 0) is 30.7 Å². The highest BCUT2D eigenvalue weighted by Crippen LogP contribution is 2.20. The molecule has 0 aliphatic carbocycles. The first-order valence-electron chi connectivity index (χ1n) is 13.5. The van der Waals surface area contributed by atoms with Gasteiger partial charge in [0, 0.05) is 31.5 Å². The maximum atomic E-state index is 12.2. The van der Waals surface area contributed by atoms with Crippen LogP contribution in [0.2, 0.25) is 84.6 Å². The third kappa shape index (κ3) is 21.7. The molecule has 0 radical (unpaired) electrons. The Bertz CT molecular complexity index is 679. The summed E-state index contributed by atoms with van der Waals surface area (Å²) in [6.07, 6.45) is 1.18. The molecular formula is C23H57NO7Si6. The molecule has 0 aromatic carbocycles. The van der Waals surface area contributed by atoms with Gasteiger partial charge in [0.05, 0.1) is 21.5 Å². The number of hydrogen-bond donors (Lipinski definition) is 1. The maximum absolute atomic E-state index is 12.2. The average molecular weight is 628 g/mol. The van der Waals surface area contributed by atoms with Crippen molar-refractivity contribution >= 4 is 57.7 Å². The van der Waals surface area contributed by atoms with Gasteiger partial charge in [-0.2, -0.15) is 0 Å². The molecule has 1 amide bonds. The van der Waals surface area contributed by atoms with Gasteiger partial charge < -0.3 is 31.3 Å². The minimum absolute atomic E-state index is 0.195. The van der Waals surface area contributed by atoms with Crippen LogP contribution in [0.3, 0.4) is 0 Å². The molecule has 0 aromatic rings. The van der Waals surface area contributed by atoms with Gasteiger partial charge in [-0.15, -0.1) is 0 Å². The second kappa shape index (κ2) is 16.5. The Morgan fingerprint density at radius 1 is 0.919 bits per heavy atom. The first kappa shape index (κ1) is 37.3. The van der Waals surface area contributed by atoms with Gasteiger partial charge in [-0.05, 0) is 78.3 Å². The van der Waals surface area contributed by atoms with Gasteiger partial charge in [0.25, 0.3) is 0 Å². The number of amides is 1. The van der Waals surface area contributed by atoms with Gasteiger partial charge in [0.1, 0.15) is 0 Å². The lowest BCUT2D eigenvalue weighted by atomic mass is 10.3. The van der Waals surface area contributed by atoms with E-state index in [9.17, 15) is 4.79 Å². The van der Waals surface area contributed by atoms with Gasteiger partial charge in [0.15, 0.2) is 25.0 Å². The molecule has 0 fully saturated rings. The normalized spacial score (nSPS) is 15.6. The van der Waals surface area contributed by atoms with E-state index in [0.29, 0.717) is 31.6 Å². The lowest BCUT2D eigenvalue weighted by Gasteiger charge is -2.36. The summed E-state index contributed by atoms with van der Waals surface area (Å²) in [5, 5.41) is 2.91. The highest BCUT2D eigenvalue weighted by Gasteiger charge is 2.42. The van der Waals surface area contributed by atoms with Crippen LogP contribution in [0.4, 0.5) is 0 Å². The smallest absolute Gasteiger partial charge is 0.439 e. The highest BCUT2D eigenvalue weighted by molar-refractivity contribution is 6.81. The second-order valence-electron chi connectivity index (χ2n) is 13.1. The zero-order valence-electron chi connectivity index (χ0n) is 26.0. The van der Waals surface area contributed by atoms with E-state index in [1.54, 1.807) is 6.92 Å². The van der Waals surface area contributed by atoms with E-state index >= 15 is 0 Å². The summed E-state index contributed by atoms with van der Waals surface area (Å²) in [6, 6.07) is 0.916. The summed E-state index contributed by atoms with van der Waals surface area (Å²) in [7, 11) is -10.9. The van der Waals surface area contributed by atoms with E-state index in [1.165, 1.54) is 0 Å². The van der Waals surface area contributed by atoms with E-state index in [4.69, 9.17) is 25.9 Å². The maximum Gasteiger partial charge on any atom is 0.487 e. The van der Waals surface area contributed by atoms with Gasteiger partial charge in [-0.1, -0.05) is 19.7 Å². The lowest BCUT2D eigenvalue weighted by Crippen LogP contribution is -2.55. The first-order chi connectivity index (χ1) is 16.6. The Kier molecular flexibility index (Phi) is 16.6. The molecule has 0 heterocycles. The minimum atomic E-state index is -2.93. The van der Waals surface area contributed by atoms with E-state index < -0.39 is 51.8 Å². The Hall–Kier alpha value is 0.271. The van der Waals surface area contributed by atoms with Crippen LogP contribution in [0, 0.1) is 0 Å². The number of nitrogens with one attached hydrogen (secondary N) is 1. The van der Waals surface area contributed by atoms with E-state index in [-0.39, 0.29) is 12.0 Å². The zero-order valence-corrected chi connectivity index (χ0v) is 32.3. The van der Waals surface area contributed by atoms with Crippen LogP contribution >= 0.6 is 0 Å². The minimum Gasteiger partial charge on any atom is -0.439 e. The summed E-state index contributed by atoms with van der Waals surface area (Å²) < 4.78 is 38.2. The molecule has 0 aliphatic rings. The molecule has 0 aliphatic heterocycles. The molecule has 0 rings (SSSR count). The predicted octanol–water partition coefficient (Wildman–Crippen LogP) is 4.86. The van der Waals surface area contributed by atoms with Crippen molar-refractivity contribution in [2.75, 3.05) is 26.0 Å². The third-order valence-electron chi connectivity index (χ3n) is 4.43. The molecule has 1 N–H and O–H groups in total. The van der Waals surface area contributed by atoms with Gasteiger partial charge >= 0.3 is 18.1 Å². The fourth-order valence-corrected chi connectivity index (χ4v) is 19.9. The van der Waals surface area contributed by atoms with Crippen molar-refractivity contribution in [1.82, 2.24) is 5.32 Å². The number of rotatable bonds is 20. The second-order valence-corrected chi connectivity index (χ2v) is 35.3. The standard InChI is InChI=1S/C23H57NO7Si6/c1-21(2)23(25)24-18-22(28-37(14,27-20-32(3)4)31-36(11,12)13)19-26-16-15-17-33(29-34(5,6)7)30-35(8,9)10/h22,32-33H,1,15-20H2,2-14H3,(H,24,25). The predicted molar refractivity (Wildman–Crippen MR) is 170 cm³/mol. The Labute approximate surface area is 235 Å². The van der Waals surface area contributed by atoms with Crippen molar-refractivity contribution in [3.63, 3.8) is 0 Å². The summed E-state index contributed by atoms with van der Waals surface area (Å²) in [4.78, 5) is 12.2. The van der Waals surface area contributed by atoms with Gasteiger partial charge in [-0.3, -0.25) is 4.79 Å². The van der Waals surface area contributed by atoms with Crippen molar-refractivity contribution in [2.45, 2.75) is 104 Å². The fourth-order valence-electron chi connectivity index (χ4n) is 3.25. The fraction of sp³-hybridized carbons (Fsp3) is 0.870. The third-order valence-corrected chi connectivity index (χ3v) is 19.6. The van der Waals surface area contributed by atoms with Crippen molar-refractivity contribution in [3.05, 3.63) is 12.2 Å². The summed E-state index contributed by atoms with van der Waals surface area (Å²) in [5.41, 5.74) is 0.459. The van der Waals surface area contributed by atoms with Crippen molar-refractivity contribution < 1.29 is 30.7 Å². The lowest BCUT2D eigenvalue weighted by molar-refractivity contribution is -0.118. The molecule has 8 nitrogen and oxygen atoms in total. The average Bonchev–Trinajstić information content (AvgIpc) is 2.65. The molecule has 0 saturated heterocycles. The van der Waals surface area contributed by atoms with Crippen LogP contribution in [0.25, 0.3) is 0 Å². The van der Waals surface area contributed by atoms with Crippen molar-refractivity contribution in [3.8, 4) is 0 Å². The molecule has 2 unspecified atom stereocenters. The molecule has 0 saturated carbocycles. The molecule has 220 valence electrons. The topological polar surface area (TPSA) is 84.5 Å². The quantitative estimate of drug-likeness (QED) is 0.117. The van der Waals surface area contributed by atoms with Crippen LogP contribution in [0.1, 0.15) is 13.3 Å². The van der Waals surface area contributed by atoms with Crippen molar-refractivity contribution in [2.24, 2.45) is 0 Å². The molecule has 0 spiro atoms. The largest absolute Gasteiger partial charge is 0.487 e. The Balaban J connectivity index is 5.23. The SMILES string of the molecule is C=C(C)C(=O)NCC(COCCC[SiH](O[Si](C)(C)C)O[Si](C)(C)C)O[Si](C)(OC[SiH](C)C)O[Si](C)(C)C. The summed E-state index contributed by atoms with van der Waals surface area (Å²) in [5.74, 6) is -0.195. The number of carbonyl (C=O) groups is 1. The Morgan fingerprint density at radius 2 is 1.46 bits per heavy atom. The Morgan fingerprint density at radius 3 is 1.89 bits per heavy atom. The number of hydrogen-bond acceptors (Lipinski definition) is 7. The summed E-state index contributed by atoms with van der Waals surface area (Å²) >= 11 is 0. The monoisotopic (exact) mass is 627 g/mol.